The first-order valence-corrected chi connectivity index (χ1v) is 13.0. The van der Waals surface area contributed by atoms with Gasteiger partial charge in [0.15, 0.2) is 0 Å². The molecule has 8 rings (SSSR count). The van der Waals surface area contributed by atoms with Crippen molar-refractivity contribution in [2.24, 2.45) is 0 Å². The third kappa shape index (κ3) is 3.78. The van der Waals surface area contributed by atoms with Gasteiger partial charge in [0.1, 0.15) is 0 Å². The number of rotatable bonds is 3. The van der Waals surface area contributed by atoms with Crippen molar-refractivity contribution in [1.82, 2.24) is 9.13 Å². The van der Waals surface area contributed by atoms with Gasteiger partial charge in [-0.1, -0.05) is 96.2 Å². The van der Waals surface area contributed by atoms with Gasteiger partial charge in [-0.15, -0.1) is 11.6 Å². The van der Waals surface area contributed by atoms with Crippen LogP contribution in [0.25, 0.3) is 66.1 Å². The molecule has 0 aliphatic heterocycles. The number of nitrogens with zero attached hydrogens (tertiary/aromatic N) is 2. The number of benzene rings is 6. The molecule has 8 aromatic rings. The molecule has 0 N–H and O–H groups in total. The number of fused-ring (bicyclic) bond motifs is 6. The second-order valence-corrected chi connectivity index (χ2v) is 9.77. The molecule has 0 saturated heterocycles. The number of hydrogen-bond donors (Lipinski definition) is 0. The van der Waals surface area contributed by atoms with Gasteiger partial charge in [-0.25, -0.2) is 0 Å². The van der Waals surface area contributed by atoms with Crippen LogP contribution in [0.15, 0.2) is 140 Å². The van der Waals surface area contributed by atoms with E-state index in [9.17, 15) is 0 Å². The Morgan fingerprint density at radius 3 is 1.26 bits per heavy atom. The van der Waals surface area contributed by atoms with Gasteiger partial charge in [-0.3, -0.25) is 0 Å². The van der Waals surface area contributed by atoms with E-state index in [-0.39, 0.29) is 32.7 Å². The molecule has 0 spiro atoms. The second kappa shape index (κ2) is 9.65. The minimum Gasteiger partial charge on any atom is -0.364 e. The van der Waals surface area contributed by atoms with E-state index in [4.69, 9.17) is 0 Å². The Morgan fingerprint density at radius 2 is 0.795 bits per heavy atom. The van der Waals surface area contributed by atoms with Gasteiger partial charge >= 0.3 is 0 Å². The molecule has 2 aromatic heterocycles. The molecule has 0 fully saturated rings. The van der Waals surface area contributed by atoms with Gasteiger partial charge in [-0.05, 0) is 36.4 Å². The molecule has 0 atom stereocenters. The average molecular weight is 573 g/mol. The van der Waals surface area contributed by atoms with Crippen LogP contribution in [0.5, 0.6) is 0 Å². The Bertz CT molecular complexity index is 2020. The normalized spacial score (nSPS) is 11.4. The Kier molecular flexibility index (Phi) is 5.96. The molecule has 2 heterocycles. The van der Waals surface area contributed by atoms with Gasteiger partial charge in [0.25, 0.3) is 0 Å². The zero-order valence-corrected chi connectivity index (χ0v) is 24.1. The topological polar surface area (TPSA) is 9.86 Å². The van der Waals surface area contributed by atoms with Crippen molar-refractivity contribution in [1.29, 1.82) is 0 Å². The van der Waals surface area contributed by atoms with Crippen molar-refractivity contribution in [2.45, 2.75) is 0 Å². The maximum absolute atomic E-state index is 3.41. The summed E-state index contributed by atoms with van der Waals surface area (Å²) >= 11 is 0. The number of hydrogen-bond acceptors (Lipinski definition) is 0. The van der Waals surface area contributed by atoms with Crippen LogP contribution in [-0.4, -0.2) is 9.13 Å². The smallest absolute Gasteiger partial charge is 0.0541 e. The van der Waals surface area contributed by atoms with Crippen LogP contribution in [0.4, 0.5) is 0 Å². The molecule has 39 heavy (non-hydrogen) atoms. The first kappa shape index (κ1) is 24.1. The fourth-order valence-corrected chi connectivity index (χ4v) is 5.96. The van der Waals surface area contributed by atoms with E-state index in [0.717, 1.165) is 16.9 Å². The van der Waals surface area contributed by atoms with Crippen LogP contribution in [0.2, 0.25) is 0 Å². The van der Waals surface area contributed by atoms with E-state index in [1.807, 2.05) is 0 Å². The van der Waals surface area contributed by atoms with Crippen molar-refractivity contribution < 1.29 is 32.7 Å². The van der Waals surface area contributed by atoms with Gasteiger partial charge in [0.05, 0.1) is 11.0 Å². The SMILES string of the molecule is [Y].[c-]1cc(-c2ccc(-n3c4ccccc4c4ccccc43)cc2)cc(-n2c3ccccc3c3ccccc32)c1. The van der Waals surface area contributed by atoms with E-state index in [1.165, 1.54) is 49.2 Å². The van der Waals surface area contributed by atoms with Gasteiger partial charge in [-0.2, -0.15) is 18.2 Å². The second-order valence-electron chi connectivity index (χ2n) is 9.77. The van der Waals surface area contributed by atoms with E-state index in [1.54, 1.807) is 0 Å². The predicted octanol–water partition coefficient (Wildman–Crippen LogP) is 9.35. The molecule has 0 saturated carbocycles. The van der Waals surface area contributed by atoms with Crippen LogP contribution in [0.3, 0.4) is 0 Å². The fraction of sp³-hybridized carbons (Fsp3) is 0. The van der Waals surface area contributed by atoms with E-state index < -0.39 is 0 Å². The zero-order chi connectivity index (χ0) is 25.1. The first-order chi connectivity index (χ1) is 18.9. The van der Waals surface area contributed by atoms with Crippen molar-refractivity contribution in [3.63, 3.8) is 0 Å². The van der Waals surface area contributed by atoms with E-state index in [2.05, 4.69) is 155 Å². The van der Waals surface area contributed by atoms with Crippen molar-refractivity contribution in [3.05, 3.63) is 146 Å². The maximum Gasteiger partial charge on any atom is 0.0541 e. The van der Waals surface area contributed by atoms with Gasteiger partial charge in [0, 0.05) is 71.0 Å². The largest absolute Gasteiger partial charge is 0.364 e. The van der Waals surface area contributed by atoms with Gasteiger partial charge in [0.2, 0.25) is 0 Å². The van der Waals surface area contributed by atoms with Crippen molar-refractivity contribution in [3.8, 4) is 22.5 Å². The Balaban J connectivity index is 0.00000253. The molecule has 0 unspecified atom stereocenters. The van der Waals surface area contributed by atoms with E-state index in [0.29, 0.717) is 0 Å². The molecule has 0 bridgehead atoms. The van der Waals surface area contributed by atoms with Gasteiger partial charge < -0.3 is 9.13 Å². The molecule has 181 valence electrons. The van der Waals surface area contributed by atoms with Crippen LogP contribution >= 0.6 is 0 Å². The third-order valence-corrected chi connectivity index (χ3v) is 7.65. The Morgan fingerprint density at radius 1 is 0.385 bits per heavy atom. The molecular weight excluding hydrogens is 549 g/mol. The van der Waals surface area contributed by atoms with Crippen LogP contribution in [-0.2, 0) is 32.7 Å². The molecular formula is C36H23N2Y-. The zero-order valence-electron chi connectivity index (χ0n) is 21.3. The van der Waals surface area contributed by atoms with E-state index >= 15 is 0 Å². The monoisotopic (exact) mass is 572 g/mol. The summed E-state index contributed by atoms with van der Waals surface area (Å²) in [7, 11) is 0. The summed E-state index contributed by atoms with van der Waals surface area (Å²) < 4.78 is 4.70. The molecule has 6 aromatic carbocycles. The third-order valence-electron chi connectivity index (χ3n) is 7.65. The minimum atomic E-state index is 0. The molecule has 3 heteroatoms. The molecule has 2 nitrogen and oxygen atoms in total. The summed E-state index contributed by atoms with van der Waals surface area (Å²) in [6.07, 6.45) is 0. The van der Waals surface area contributed by atoms with Crippen LogP contribution < -0.4 is 0 Å². The predicted molar refractivity (Wildman–Crippen MR) is 159 cm³/mol. The van der Waals surface area contributed by atoms with Crippen LogP contribution in [0, 0.1) is 6.07 Å². The van der Waals surface area contributed by atoms with Crippen LogP contribution in [0.1, 0.15) is 0 Å². The minimum absolute atomic E-state index is 0. The summed E-state index contributed by atoms with van der Waals surface area (Å²) in [6.45, 7) is 0. The summed E-state index contributed by atoms with van der Waals surface area (Å²) in [5.41, 5.74) is 9.47. The molecule has 1 radical (unpaired) electrons. The standard InChI is InChI=1S/C36H23N2.Y/c1-5-16-33-29(12-1)30-13-2-6-17-34(30)37(33)27-22-20-25(21-23-27)26-10-9-11-28(24-26)38-35-18-7-3-14-31(35)32-15-4-8-19-36(32)38;/h1-8,10-24H;/q-1;. The molecule has 0 aliphatic carbocycles. The fourth-order valence-electron chi connectivity index (χ4n) is 5.96. The first-order valence-electron chi connectivity index (χ1n) is 13.0. The Hall–Kier alpha value is -3.98. The van der Waals surface area contributed by atoms with Crippen molar-refractivity contribution in [2.75, 3.05) is 0 Å². The summed E-state index contributed by atoms with van der Waals surface area (Å²) in [5, 5.41) is 5.09. The maximum atomic E-state index is 3.41. The average Bonchev–Trinajstić information content (AvgIpc) is 3.51. The summed E-state index contributed by atoms with van der Waals surface area (Å²) in [5.74, 6) is 0. The molecule has 0 amide bonds. The number of para-hydroxylation sites is 4. The Labute approximate surface area is 252 Å². The van der Waals surface area contributed by atoms with Crippen molar-refractivity contribution >= 4 is 43.6 Å². The quantitative estimate of drug-likeness (QED) is 0.187. The summed E-state index contributed by atoms with van der Waals surface area (Å²) in [4.78, 5) is 0. The summed E-state index contributed by atoms with van der Waals surface area (Å²) in [6, 6.07) is 53.2. The molecule has 0 aliphatic rings. The number of aromatic nitrogens is 2.